The van der Waals surface area contributed by atoms with Gasteiger partial charge in [-0.25, -0.2) is 0 Å². The molecule has 0 saturated carbocycles. The van der Waals surface area contributed by atoms with E-state index in [0.717, 1.165) is 12.2 Å². The van der Waals surface area contributed by atoms with Gasteiger partial charge < -0.3 is 10.6 Å². The zero-order valence-electron chi connectivity index (χ0n) is 13.2. The first-order valence-electron chi connectivity index (χ1n) is 7.52. The van der Waals surface area contributed by atoms with Crippen LogP contribution in [0.15, 0.2) is 24.3 Å². The van der Waals surface area contributed by atoms with E-state index in [1.165, 1.54) is 0 Å². The maximum atomic E-state index is 12.8. The number of nitrogens with one attached hydrogen (secondary N) is 2. The van der Waals surface area contributed by atoms with Crippen LogP contribution < -0.4 is 10.6 Å². The summed E-state index contributed by atoms with van der Waals surface area (Å²) in [5.41, 5.74) is -3.38. The van der Waals surface area contributed by atoms with Crippen LogP contribution in [-0.2, 0) is 21.9 Å². The maximum absolute atomic E-state index is 12.8. The zero-order valence-corrected chi connectivity index (χ0v) is 13.2. The third kappa shape index (κ3) is 5.24. The second-order valence-corrected chi connectivity index (χ2v) is 5.67. The maximum Gasteiger partial charge on any atom is 0.416 e. The quantitative estimate of drug-likeness (QED) is 0.625. The molecule has 1 unspecified atom stereocenters. The number of hydrogen-bond donors (Lipinski definition) is 2. The highest BCUT2D eigenvalue weighted by molar-refractivity contribution is 5.95. The van der Waals surface area contributed by atoms with Crippen LogP contribution in [0.1, 0.15) is 29.5 Å². The second-order valence-electron chi connectivity index (χ2n) is 5.67. The first-order chi connectivity index (χ1) is 12.0. The van der Waals surface area contributed by atoms with Crippen LogP contribution in [0.5, 0.6) is 0 Å². The SMILES string of the molecule is O=C(C=Cc1cc(C(F)(F)F)cc(C(F)(F)F)c1)NC1CCCNC1=O. The Labute approximate surface area is 144 Å². The van der Waals surface area contributed by atoms with E-state index in [1.54, 1.807) is 0 Å². The van der Waals surface area contributed by atoms with Crippen molar-refractivity contribution in [2.24, 2.45) is 0 Å². The predicted octanol–water partition coefficient (Wildman–Crippen LogP) is 3.13. The molecule has 4 nitrogen and oxygen atoms in total. The van der Waals surface area contributed by atoms with Crippen molar-refractivity contribution in [1.29, 1.82) is 0 Å². The summed E-state index contributed by atoms with van der Waals surface area (Å²) >= 11 is 0. The van der Waals surface area contributed by atoms with Gasteiger partial charge in [-0.3, -0.25) is 9.59 Å². The number of carbonyl (C=O) groups excluding carboxylic acids is 2. The standard InChI is InChI=1S/C16H14F6N2O2/c17-15(18,19)10-6-9(7-11(8-10)16(20,21)22)3-4-13(25)24-12-2-1-5-23-14(12)26/h3-4,6-8,12H,1-2,5H2,(H,23,26)(H,24,25). The van der Waals surface area contributed by atoms with Gasteiger partial charge in [0, 0.05) is 12.6 Å². The summed E-state index contributed by atoms with van der Waals surface area (Å²) < 4.78 is 76.6. The van der Waals surface area contributed by atoms with E-state index < -0.39 is 46.9 Å². The lowest BCUT2D eigenvalue weighted by Crippen LogP contribution is -2.49. The number of alkyl halides is 6. The molecule has 2 amide bonds. The third-order valence-corrected chi connectivity index (χ3v) is 3.64. The first-order valence-corrected chi connectivity index (χ1v) is 7.52. The monoisotopic (exact) mass is 380 g/mol. The summed E-state index contributed by atoms with van der Waals surface area (Å²) in [6.07, 6.45) is -7.27. The van der Waals surface area contributed by atoms with Gasteiger partial charge in [0.05, 0.1) is 11.1 Å². The molecule has 0 bridgehead atoms. The van der Waals surface area contributed by atoms with Gasteiger partial charge in [0.2, 0.25) is 11.8 Å². The average molecular weight is 380 g/mol. The number of amides is 2. The van der Waals surface area contributed by atoms with Gasteiger partial charge in [0.1, 0.15) is 6.04 Å². The van der Waals surface area contributed by atoms with Crippen LogP contribution in [0.4, 0.5) is 26.3 Å². The van der Waals surface area contributed by atoms with Crippen molar-refractivity contribution >= 4 is 17.9 Å². The van der Waals surface area contributed by atoms with Crippen molar-refractivity contribution in [3.05, 3.63) is 41.0 Å². The molecular formula is C16H14F6N2O2. The molecule has 0 spiro atoms. The minimum atomic E-state index is -4.97. The summed E-state index contributed by atoms with van der Waals surface area (Å²) in [6.45, 7) is 0.478. The molecule has 1 atom stereocenters. The lowest BCUT2D eigenvalue weighted by Gasteiger charge is -2.22. The van der Waals surface area contributed by atoms with Crippen LogP contribution in [0.2, 0.25) is 0 Å². The van der Waals surface area contributed by atoms with E-state index in [1.807, 2.05) is 0 Å². The van der Waals surface area contributed by atoms with Crippen LogP contribution >= 0.6 is 0 Å². The fraction of sp³-hybridized carbons (Fsp3) is 0.375. The van der Waals surface area contributed by atoms with Crippen molar-refractivity contribution < 1.29 is 35.9 Å². The third-order valence-electron chi connectivity index (χ3n) is 3.64. The Bertz CT molecular complexity index is 692. The fourth-order valence-electron chi connectivity index (χ4n) is 2.38. The number of piperidine rings is 1. The largest absolute Gasteiger partial charge is 0.416 e. The molecule has 1 fully saturated rings. The molecule has 26 heavy (non-hydrogen) atoms. The zero-order chi connectivity index (χ0) is 19.5. The molecule has 0 aromatic heterocycles. The molecule has 0 radical (unpaired) electrons. The number of benzene rings is 1. The summed E-state index contributed by atoms with van der Waals surface area (Å²) in [5, 5.41) is 4.88. The predicted molar refractivity (Wildman–Crippen MR) is 79.7 cm³/mol. The second kappa shape index (κ2) is 7.38. The van der Waals surface area contributed by atoms with Crippen LogP contribution in [0, 0.1) is 0 Å². The Morgan fingerprint density at radius 1 is 1.08 bits per heavy atom. The van der Waals surface area contributed by atoms with Gasteiger partial charge in [0.15, 0.2) is 0 Å². The molecule has 1 aliphatic heterocycles. The molecule has 10 heteroatoms. The van der Waals surface area contributed by atoms with E-state index >= 15 is 0 Å². The number of halogens is 6. The molecule has 1 aromatic rings. The number of hydrogen-bond acceptors (Lipinski definition) is 2. The van der Waals surface area contributed by atoms with Gasteiger partial charge in [-0.05, 0) is 42.7 Å². The van der Waals surface area contributed by atoms with Crippen LogP contribution in [-0.4, -0.2) is 24.4 Å². The van der Waals surface area contributed by atoms with Crippen molar-refractivity contribution in [3.63, 3.8) is 0 Å². The van der Waals surface area contributed by atoms with Crippen molar-refractivity contribution in [2.45, 2.75) is 31.2 Å². The molecule has 1 aromatic carbocycles. The smallest absolute Gasteiger partial charge is 0.354 e. The van der Waals surface area contributed by atoms with Gasteiger partial charge in [-0.2, -0.15) is 26.3 Å². The van der Waals surface area contributed by atoms with Crippen LogP contribution in [0.3, 0.4) is 0 Å². The van der Waals surface area contributed by atoms with Crippen molar-refractivity contribution in [2.75, 3.05) is 6.54 Å². The van der Waals surface area contributed by atoms with E-state index in [4.69, 9.17) is 0 Å². The molecule has 0 aliphatic carbocycles. The Morgan fingerprint density at radius 2 is 1.65 bits per heavy atom. The van der Waals surface area contributed by atoms with E-state index in [0.29, 0.717) is 31.5 Å². The fourth-order valence-corrected chi connectivity index (χ4v) is 2.38. The molecule has 1 saturated heterocycles. The van der Waals surface area contributed by atoms with E-state index in [2.05, 4.69) is 10.6 Å². The highest BCUT2D eigenvalue weighted by Gasteiger charge is 2.36. The average Bonchev–Trinajstić information content (AvgIpc) is 2.53. The first kappa shape index (κ1) is 19.8. The summed E-state index contributed by atoms with van der Waals surface area (Å²) in [4.78, 5) is 23.3. The molecule has 2 rings (SSSR count). The molecule has 1 aliphatic rings. The van der Waals surface area contributed by atoms with E-state index in [9.17, 15) is 35.9 Å². The Kier molecular flexibility index (Phi) is 5.62. The normalized spacial score (nSPS) is 18.7. The minimum absolute atomic E-state index is 0.00375. The minimum Gasteiger partial charge on any atom is -0.354 e. The summed E-state index contributed by atoms with van der Waals surface area (Å²) in [5.74, 6) is -1.19. The van der Waals surface area contributed by atoms with Gasteiger partial charge in [0.25, 0.3) is 0 Å². The number of rotatable bonds is 3. The van der Waals surface area contributed by atoms with Crippen molar-refractivity contribution in [3.8, 4) is 0 Å². The van der Waals surface area contributed by atoms with E-state index in [-0.39, 0.29) is 6.07 Å². The molecule has 1 heterocycles. The van der Waals surface area contributed by atoms with Gasteiger partial charge in [-0.1, -0.05) is 0 Å². The van der Waals surface area contributed by atoms with Gasteiger partial charge in [-0.15, -0.1) is 0 Å². The molecule has 142 valence electrons. The summed E-state index contributed by atoms with van der Waals surface area (Å²) in [7, 11) is 0. The molecular weight excluding hydrogens is 366 g/mol. The summed E-state index contributed by atoms with van der Waals surface area (Å²) in [6, 6.07) is 0.232. The van der Waals surface area contributed by atoms with Crippen molar-refractivity contribution in [1.82, 2.24) is 10.6 Å². The highest BCUT2D eigenvalue weighted by atomic mass is 19.4. The Hall–Kier alpha value is -2.52. The lowest BCUT2D eigenvalue weighted by atomic mass is 10.0. The lowest BCUT2D eigenvalue weighted by molar-refractivity contribution is -0.143. The Balaban J connectivity index is 2.20. The number of carbonyl (C=O) groups is 2. The van der Waals surface area contributed by atoms with Gasteiger partial charge >= 0.3 is 12.4 Å². The van der Waals surface area contributed by atoms with Crippen LogP contribution in [0.25, 0.3) is 6.08 Å². The topological polar surface area (TPSA) is 58.2 Å². The Morgan fingerprint density at radius 3 is 2.15 bits per heavy atom. The molecule has 2 N–H and O–H groups in total. The highest BCUT2D eigenvalue weighted by Crippen LogP contribution is 2.36.